The first-order valence-electron chi connectivity index (χ1n) is 4.76. The minimum Gasteiger partial charge on any atom is -0.310 e. The van der Waals surface area contributed by atoms with Crippen molar-refractivity contribution < 1.29 is 0 Å². The molecule has 0 saturated heterocycles. The maximum atomic E-state index is 12.0. The second-order valence-electron chi connectivity index (χ2n) is 3.68. The number of pyridine rings is 2. The molecule has 0 atom stereocenters. The molecule has 0 amide bonds. The van der Waals surface area contributed by atoms with Gasteiger partial charge in [0.25, 0.3) is 5.56 Å². The Bertz CT molecular complexity index is 560. The Morgan fingerprint density at radius 3 is 2.87 bits per heavy atom. The number of nitrogens with zero attached hydrogens (tertiary/aromatic N) is 2. The van der Waals surface area contributed by atoms with Gasteiger partial charge in [0, 0.05) is 23.8 Å². The van der Waals surface area contributed by atoms with Gasteiger partial charge in [-0.2, -0.15) is 0 Å². The van der Waals surface area contributed by atoms with E-state index < -0.39 is 0 Å². The number of rotatable bonds is 1. The highest BCUT2D eigenvalue weighted by Crippen LogP contribution is 2.19. The van der Waals surface area contributed by atoms with Gasteiger partial charge in [-0.3, -0.25) is 9.78 Å². The summed E-state index contributed by atoms with van der Waals surface area (Å²) in [6.45, 7) is 3.87. The standard InChI is InChI=1S/C11H11ClN2O/c1-7(2)14-6-9(12)8-4-3-5-13-10(8)11(14)15/h3-7H,1-2H3. The van der Waals surface area contributed by atoms with Crippen molar-refractivity contribution in [3.63, 3.8) is 0 Å². The largest absolute Gasteiger partial charge is 0.310 e. The van der Waals surface area contributed by atoms with Crippen molar-refractivity contribution in [3.05, 3.63) is 39.9 Å². The SMILES string of the molecule is CC(C)n1cc(Cl)c2cccnc2c1=O. The summed E-state index contributed by atoms with van der Waals surface area (Å²) in [4.78, 5) is 16.0. The maximum absolute atomic E-state index is 12.0. The van der Waals surface area contributed by atoms with E-state index in [-0.39, 0.29) is 11.6 Å². The van der Waals surface area contributed by atoms with Crippen molar-refractivity contribution in [1.82, 2.24) is 9.55 Å². The minimum atomic E-state index is -0.0926. The molecular formula is C11H11ClN2O. The first kappa shape index (κ1) is 10.2. The first-order chi connectivity index (χ1) is 7.11. The third-order valence-electron chi connectivity index (χ3n) is 2.31. The number of fused-ring (bicyclic) bond motifs is 1. The molecule has 0 aliphatic heterocycles. The van der Waals surface area contributed by atoms with Gasteiger partial charge in [-0.15, -0.1) is 0 Å². The Balaban J connectivity index is 2.91. The van der Waals surface area contributed by atoms with Crippen LogP contribution in [0.1, 0.15) is 19.9 Å². The van der Waals surface area contributed by atoms with Gasteiger partial charge >= 0.3 is 0 Å². The van der Waals surface area contributed by atoms with E-state index in [4.69, 9.17) is 11.6 Å². The van der Waals surface area contributed by atoms with Crippen molar-refractivity contribution in [2.75, 3.05) is 0 Å². The van der Waals surface area contributed by atoms with Gasteiger partial charge < -0.3 is 4.57 Å². The summed E-state index contributed by atoms with van der Waals surface area (Å²) >= 11 is 6.08. The number of halogens is 1. The van der Waals surface area contributed by atoms with Gasteiger partial charge in [-0.05, 0) is 26.0 Å². The lowest BCUT2D eigenvalue weighted by Crippen LogP contribution is -2.22. The van der Waals surface area contributed by atoms with Crippen LogP contribution in [0, 0.1) is 0 Å². The van der Waals surface area contributed by atoms with Gasteiger partial charge in [0.15, 0.2) is 0 Å². The topological polar surface area (TPSA) is 34.9 Å². The Morgan fingerprint density at radius 1 is 1.47 bits per heavy atom. The highest BCUT2D eigenvalue weighted by Gasteiger charge is 2.09. The quantitative estimate of drug-likeness (QED) is 0.744. The molecule has 0 bridgehead atoms. The van der Waals surface area contributed by atoms with E-state index in [1.165, 1.54) is 0 Å². The Morgan fingerprint density at radius 2 is 2.20 bits per heavy atom. The van der Waals surface area contributed by atoms with Crippen LogP contribution in [0.2, 0.25) is 5.02 Å². The van der Waals surface area contributed by atoms with E-state index in [9.17, 15) is 4.79 Å². The molecule has 0 saturated carbocycles. The fourth-order valence-corrected chi connectivity index (χ4v) is 1.78. The molecule has 78 valence electrons. The summed E-state index contributed by atoms with van der Waals surface area (Å²) in [7, 11) is 0. The van der Waals surface area contributed by atoms with E-state index >= 15 is 0 Å². The van der Waals surface area contributed by atoms with Crippen LogP contribution in [0.4, 0.5) is 0 Å². The van der Waals surface area contributed by atoms with Crippen molar-refractivity contribution in [1.29, 1.82) is 0 Å². The summed E-state index contributed by atoms with van der Waals surface area (Å²) < 4.78 is 1.59. The molecule has 0 N–H and O–H groups in total. The lowest BCUT2D eigenvalue weighted by molar-refractivity contribution is 0.582. The van der Waals surface area contributed by atoms with Crippen LogP contribution < -0.4 is 5.56 Å². The van der Waals surface area contributed by atoms with Gasteiger partial charge in [-0.25, -0.2) is 0 Å². The molecular weight excluding hydrogens is 212 g/mol. The molecule has 0 aliphatic carbocycles. The van der Waals surface area contributed by atoms with Crippen LogP contribution in [0.5, 0.6) is 0 Å². The summed E-state index contributed by atoms with van der Waals surface area (Å²) in [5.41, 5.74) is 0.337. The smallest absolute Gasteiger partial charge is 0.277 e. The summed E-state index contributed by atoms with van der Waals surface area (Å²) in [5, 5.41) is 1.27. The molecule has 0 unspecified atom stereocenters. The molecule has 0 aliphatic rings. The normalized spacial score (nSPS) is 11.2. The van der Waals surface area contributed by atoms with Crippen molar-refractivity contribution in [3.8, 4) is 0 Å². The highest BCUT2D eigenvalue weighted by molar-refractivity contribution is 6.35. The molecule has 3 nitrogen and oxygen atoms in total. The highest BCUT2D eigenvalue weighted by atomic mass is 35.5. The van der Waals surface area contributed by atoms with Crippen LogP contribution in [-0.2, 0) is 0 Å². The van der Waals surface area contributed by atoms with E-state index in [0.717, 1.165) is 0 Å². The Kier molecular flexibility index (Phi) is 2.49. The monoisotopic (exact) mass is 222 g/mol. The van der Waals surface area contributed by atoms with Crippen LogP contribution in [-0.4, -0.2) is 9.55 Å². The predicted octanol–water partition coefficient (Wildman–Crippen LogP) is 2.63. The molecule has 2 rings (SSSR count). The molecule has 2 aromatic rings. The number of hydrogen-bond acceptors (Lipinski definition) is 2. The Labute approximate surface area is 92.3 Å². The molecule has 0 fully saturated rings. The zero-order valence-corrected chi connectivity index (χ0v) is 9.32. The second-order valence-corrected chi connectivity index (χ2v) is 4.09. The maximum Gasteiger partial charge on any atom is 0.277 e. The molecule has 0 spiro atoms. The fourth-order valence-electron chi connectivity index (χ4n) is 1.52. The minimum absolute atomic E-state index is 0.0846. The van der Waals surface area contributed by atoms with E-state index in [2.05, 4.69) is 4.98 Å². The van der Waals surface area contributed by atoms with Crippen LogP contribution >= 0.6 is 11.6 Å². The predicted molar refractivity (Wildman–Crippen MR) is 61.4 cm³/mol. The zero-order chi connectivity index (χ0) is 11.0. The summed E-state index contributed by atoms with van der Waals surface area (Å²) in [6.07, 6.45) is 3.27. The van der Waals surface area contributed by atoms with Gasteiger partial charge in [0.05, 0.1) is 5.02 Å². The molecule has 2 heterocycles. The molecule has 4 heteroatoms. The lowest BCUT2D eigenvalue weighted by atomic mass is 10.2. The fraction of sp³-hybridized carbons (Fsp3) is 0.273. The summed E-state index contributed by atoms with van der Waals surface area (Å²) in [5.74, 6) is 0. The van der Waals surface area contributed by atoms with Crippen molar-refractivity contribution >= 4 is 22.5 Å². The third-order valence-corrected chi connectivity index (χ3v) is 2.61. The van der Waals surface area contributed by atoms with E-state index in [1.807, 2.05) is 13.8 Å². The lowest BCUT2D eigenvalue weighted by Gasteiger charge is -2.11. The summed E-state index contributed by atoms with van der Waals surface area (Å²) in [6, 6.07) is 3.66. The first-order valence-corrected chi connectivity index (χ1v) is 5.14. The zero-order valence-electron chi connectivity index (χ0n) is 8.57. The van der Waals surface area contributed by atoms with Gasteiger partial charge in [0.2, 0.25) is 0 Å². The molecule has 15 heavy (non-hydrogen) atoms. The third kappa shape index (κ3) is 1.63. The molecule has 2 aromatic heterocycles. The van der Waals surface area contributed by atoms with Gasteiger partial charge in [0.1, 0.15) is 5.52 Å². The Hall–Kier alpha value is -1.35. The van der Waals surface area contributed by atoms with Gasteiger partial charge in [-0.1, -0.05) is 11.6 Å². The molecule has 0 radical (unpaired) electrons. The number of aromatic nitrogens is 2. The number of hydrogen-bond donors (Lipinski definition) is 0. The van der Waals surface area contributed by atoms with Crippen LogP contribution in [0.15, 0.2) is 29.3 Å². The average Bonchev–Trinajstić information content (AvgIpc) is 2.23. The second kappa shape index (κ2) is 3.66. The van der Waals surface area contributed by atoms with Crippen molar-refractivity contribution in [2.45, 2.75) is 19.9 Å². The average molecular weight is 223 g/mol. The van der Waals surface area contributed by atoms with Crippen molar-refractivity contribution in [2.24, 2.45) is 0 Å². The van der Waals surface area contributed by atoms with Crippen LogP contribution in [0.3, 0.4) is 0 Å². The van der Waals surface area contributed by atoms with E-state index in [1.54, 1.807) is 29.1 Å². The van der Waals surface area contributed by atoms with E-state index in [0.29, 0.717) is 15.9 Å². The molecule has 0 aromatic carbocycles. The van der Waals surface area contributed by atoms with Crippen LogP contribution in [0.25, 0.3) is 10.9 Å².